The molecule has 3 amide bonds. The van der Waals surface area contributed by atoms with Crippen molar-refractivity contribution in [3.63, 3.8) is 0 Å². The molecule has 0 aromatic heterocycles. The van der Waals surface area contributed by atoms with Crippen molar-refractivity contribution >= 4 is 28.5 Å². The van der Waals surface area contributed by atoms with Crippen molar-refractivity contribution in [2.75, 3.05) is 19.6 Å². The van der Waals surface area contributed by atoms with E-state index in [0.717, 1.165) is 16.3 Å². The number of likely N-dealkylation sites (N-methyl/N-ethyl adjacent to an activating group) is 1. The number of amides is 3. The van der Waals surface area contributed by atoms with E-state index in [9.17, 15) is 14.4 Å². The maximum absolute atomic E-state index is 12.3. The first kappa shape index (κ1) is 20.4. The summed E-state index contributed by atoms with van der Waals surface area (Å²) in [6.07, 6.45) is 0.203. The first-order valence-electron chi connectivity index (χ1n) is 9.21. The third kappa shape index (κ3) is 6.09. The minimum Gasteiger partial charge on any atom is -0.352 e. The molecule has 6 heteroatoms. The summed E-state index contributed by atoms with van der Waals surface area (Å²) in [5, 5.41) is 7.53. The van der Waals surface area contributed by atoms with E-state index >= 15 is 0 Å². The van der Waals surface area contributed by atoms with Crippen molar-refractivity contribution < 1.29 is 14.4 Å². The molecule has 2 aromatic rings. The Hall–Kier alpha value is -2.89. The lowest BCUT2D eigenvalue weighted by Gasteiger charge is -2.21. The number of rotatable bonds is 8. The zero-order valence-corrected chi connectivity index (χ0v) is 16.1. The average molecular weight is 369 g/mol. The highest BCUT2D eigenvalue weighted by Crippen LogP contribution is 2.18. The van der Waals surface area contributed by atoms with Crippen LogP contribution in [0.5, 0.6) is 0 Å². The van der Waals surface area contributed by atoms with E-state index in [1.54, 1.807) is 6.92 Å². The Bertz CT molecular complexity index is 812. The molecule has 0 bridgehead atoms. The first-order valence-corrected chi connectivity index (χ1v) is 9.21. The summed E-state index contributed by atoms with van der Waals surface area (Å²) in [6, 6.07) is 13.7. The van der Waals surface area contributed by atoms with Gasteiger partial charge in [0.05, 0.1) is 19.5 Å². The second kappa shape index (κ2) is 9.71. The molecule has 0 spiro atoms. The Balaban J connectivity index is 1.90. The van der Waals surface area contributed by atoms with Gasteiger partial charge in [-0.2, -0.15) is 0 Å². The molecule has 144 valence electrons. The van der Waals surface area contributed by atoms with Gasteiger partial charge >= 0.3 is 0 Å². The maximum atomic E-state index is 12.3. The molecule has 0 heterocycles. The largest absolute Gasteiger partial charge is 0.352 e. The Labute approximate surface area is 159 Å². The predicted octanol–water partition coefficient (Wildman–Crippen LogP) is 1.87. The number of benzene rings is 2. The van der Waals surface area contributed by atoms with E-state index < -0.39 is 0 Å². The second-order valence-corrected chi connectivity index (χ2v) is 6.72. The van der Waals surface area contributed by atoms with Crippen molar-refractivity contribution in [2.45, 2.75) is 33.2 Å². The minimum atomic E-state index is -0.275. The van der Waals surface area contributed by atoms with Crippen LogP contribution in [0, 0.1) is 0 Å². The van der Waals surface area contributed by atoms with Gasteiger partial charge < -0.3 is 15.5 Å². The van der Waals surface area contributed by atoms with Gasteiger partial charge in [-0.25, -0.2) is 0 Å². The van der Waals surface area contributed by atoms with E-state index in [4.69, 9.17) is 0 Å². The van der Waals surface area contributed by atoms with Crippen LogP contribution in [-0.4, -0.2) is 48.3 Å². The van der Waals surface area contributed by atoms with Gasteiger partial charge in [0.2, 0.25) is 17.7 Å². The maximum Gasteiger partial charge on any atom is 0.242 e. The molecule has 0 aliphatic heterocycles. The highest BCUT2D eigenvalue weighted by molar-refractivity contribution is 5.92. The van der Waals surface area contributed by atoms with E-state index in [-0.39, 0.29) is 43.3 Å². The highest BCUT2D eigenvalue weighted by atomic mass is 16.2. The molecule has 0 saturated carbocycles. The van der Waals surface area contributed by atoms with Gasteiger partial charge in [-0.05, 0) is 37.1 Å². The molecule has 0 unspecified atom stereocenters. The van der Waals surface area contributed by atoms with Crippen LogP contribution >= 0.6 is 0 Å². The standard InChI is InChI=1S/C21H27N3O3/c1-4-24(14-20(26)23-15(2)3)21(27)13-22-19(25)12-17-10-7-9-16-8-5-6-11-18(16)17/h5-11,15H,4,12-14H2,1-3H3,(H,22,25)(H,23,26). The fourth-order valence-corrected chi connectivity index (χ4v) is 2.89. The van der Waals surface area contributed by atoms with Gasteiger partial charge in [-0.3, -0.25) is 14.4 Å². The summed E-state index contributed by atoms with van der Waals surface area (Å²) in [7, 11) is 0. The fraction of sp³-hybridized carbons (Fsp3) is 0.381. The number of nitrogens with zero attached hydrogens (tertiary/aromatic N) is 1. The molecular formula is C21H27N3O3. The molecule has 0 radical (unpaired) electrons. The number of hydrogen-bond donors (Lipinski definition) is 2. The summed E-state index contributed by atoms with van der Waals surface area (Å²) in [6.45, 7) is 5.81. The SMILES string of the molecule is CCN(CC(=O)NC(C)C)C(=O)CNC(=O)Cc1cccc2ccccc12. The van der Waals surface area contributed by atoms with E-state index in [0.29, 0.717) is 6.54 Å². The van der Waals surface area contributed by atoms with Crippen molar-refractivity contribution in [3.8, 4) is 0 Å². The van der Waals surface area contributed by atoms with Gasteiger partial charge in [-0.1, -0.05) is 42.5 Å². The third-order valence-corrected chi connectivity index (χ3v) is 4.19. The summed E-state index contributed by atoms with van der Waals surface area (Å²) in [4.78, 5) is 37.8. The first-order chi connectivity index (χ1) is 12.9. The van der Waals surface area contributed by atoms with Crippen molar-refractivity contribution in [3.05, 3.63) is 48.0 Å². The van der Waals surface area contributed by atoms with Crippen LogP contribution in [0.15, 0.2) is 42.5 Å². The fourth-order valence-electron chi connectivity index (χ4n) is 2.89. The molecule has 0 fully saturated rings. The van der Waals surface area contributed by atoms with E-state index in [1.807, 2.05) is 56.3 Å². The number of fused-ring (bicyclic) bond motifs is 1. The van der Waals surface area contributed by atoms with Crippen LogP contribution in [-0.2, 0) is 20.8 Å². The van der Waals surface area contributed by atoms with Crippen molar-refractivity contribution in [2.24, 2.45) is 0 Å². The number of nitrogens with one attached hydrogen (secondary N) is 2. The summed E-state index contributed by atoms with van der Waals surface area (Å²) >= 11 is 0. The molecule has 2 N–H and O–H groups in total. The molecule has 2 rings (SSSR count). The molecular weight excluding hydrogens is 342 g/mol. The lowest BCUT2D eigenvalue weighted by Crippen LogP contribution is -2.46. The van der Waals surface area contributed by atoms with Crippen molar-refractivity contribution in [1.29, 1.82) is 0 Å². The molecule has 0 aliphatic carbocycles. The third-order valence-electron chi connectivity index (χ3n) is 4.19. The Morgan fingerprint density at radius 3 is 2.41 bits per heavy atom. The molecule has 2 aromatic carbocycles. The van der Waals surface area contributed by atoms with Gasteiger partial charge in [-0.15, -0.1) is 0 Å². The summed E-state index contributed by atoms with van der Waals surface area (Å²) < 4.78 is 0. The molecule has 0 saturated heterocycles. The number of carbonyl (C=O) groups is 3. The van der Waals surface area contributed by atoms with E-state index in [2.05, 4.69) is 10.6 Å². The lowest BCUT2D eigenvalue weighted by molar-refractivity contribution is -0.136. The van der Waals surface area contributed by atoms with E-state index in [1.165, 1.54) is 4.90 Å². The monoisotopic (exact) mass is 369 g/mol. The van der Waals surface area contributed by atoms with Crippen LogP contribution in [0.4, 0.5) is 0 Å². The molecule has 0 atom stereocenters. The Kier molecular flexibility index (Phi) is 7.34. The van der Waals surface area contributed by atoms with Crippen LogP contribution in [0.3, 0.4) is 0 Å². The highest BCUT2D eigenvalue weighted by Gasteiger charge is 2.17. The molecule has 6 nitrogen and oxygen atoms in total. The quantitative estimate of drug-likeness (QED) is 0.746. The van der Waals surface area contributed by atoms with Crippen LogP contribution in [0.25, 0.3) is 10.8 Å². The topological polar surface area (TPSA) is 78.5 Å². The Morgan fingerprint density at radius 2 is 1.70 bits per heavy atom. The second-order valence-electron chi connectivity index (χ2n) is 6.72. The normalized spacial score (nSPS) is 10.7. The lowest BCUT2D eigenvalue weighted by atomic mass is 10.0. The zero-order valence-electron chi connectivity index (χ0n) is 16.1. The Morgan fingerprint density at radius 1 is 1.00 bits per heavy atom. The average Bonchev–Trinajstić information content (AvgIpc) is 2.64. The summed E-state index contributed by atoms with van der Waals surface area (Å²) in [5.74, 6) is -0.702. The van der Waals surface area contributed by atoms with Crippen LogP contribution < -0.4 is 10.6 Å². The predicted molar refractivity (Wildman–Crippen MR) is 106 cm³/mol. The smallest absolute Gasteiger partial charge is 0.242 e. The zero-order chi connectivity index (χ0) is 19.8. The van der Waals surface area contributed by atoms with Crippen LogP contribution in [0.2, 0.25) is 0 Å². The van der Waals surface area contributed by atoms with Gasteiger partial charge in [0.1, 0.15) is 0 Å². The van der Waals surface area contributed by atoms with Gasteiger partial charge in [0, 0.05) is 12.6 Å². The van der Waals surface area contributed by atoms with Gasteiger partial charge in [0.15, 0.2) is 0 Å². The molecule has 27 heavy (non-hydrogen) atoms. The summed E-state index contributed by atoms with van der Waals surface area (Å²) in [5.41, 5.74) is 0.918. The number of hydrogen-bond acceptors (Lipinski definition) is 3. The minimum absolute atomic E-state index is 0.00724. The molecule has 0 aliphatic rings. The van der Waals surface area contributed by atoms with Crippen molar-refractivity contribution in [1.82, 2.24) is 15.5 Å². The number of carbonyl (C=O) groups excluding carboxylic acids is 3. The van der Waals surface area contributed by atoms with Crippen LogP contribution in [0.1, 0.15) is 26.3 Å². The van der Waals surface area contributed by atoms with Gasteiger partial charge in [0.25, 0.3) is 0 Å².